The highest BCUT2D eigenvalue weighted by molar-refractivity contribution is 14.1. The smallest absolute Gasteiger partial charge is 0.333 e. The summed E-state index contributed by atoms with van der Waals surface area (Å²) >= 11 is 5.82. The summed E-state index contributed by atoms with van der Waals surface area (Å²) in [4.78, 5) is 21.3. The molecule has 2 heterocycles. The van der Waals surface area contributed by atoms with E-state index in [0.29, 0.717) is 42.3 Å². The minimum absolute atomic E-state index is 0.0789. The Morgan fingerprint density at radius 2 is 1.72 bits per heavy atom. The Kier molecular flexibility index (Phi) is 15.3. The van der Waals surface area contributed by atoms with Crippen molar-refractivity contribution in [2.75, 3.05) is 31.0 Å². The lowest BCUT2D eigenvalue weighted by Gasteiger charge is -2.13. The minimum Gasteiger partial charge on any atom is -0.493 e. The molecular weight excluding hydrogens is 866 g/mol. The quantitative estimate of drug-likeness (QED) is 0.0157. The van der Waals surface area contributed by atoms with Crippen LogP contribution in [0.1, 0.15) is 48.9 Å². The first-order valence-corrected chi connectivity index (χ1v) is 21.7. The van der Waals surface area contributed by atoms with Crippen molar-refractivity contribution in [2.45, 2.75) is 38.9 Å². The van der Waals surface area contributed by atoms with E-state index in [-0.39, 0.29) is 12.5 Å². The van der Waals surface area contributed by atoms with Crippen LogP contribution in [0.2, 0.25) is 0 Å². The summed E-state index contributed by atoms with van der Waals surface area (Å²) in [6.45, 7) is 8.47. The molecule has 0 atom stereocenters. The molecule has 0 saturated carbocycles. The van der Waals surface area contributed by atoms with Gasteiger partial charge in [0.25, 0.3) is 0 Å². The van der Waals surface area contributed by atoms with E-state index in [1.807, 2.05) is 66.4 Å². The molecule has 2 N–H and O–H groups in total. The van der Waals surface area contributed by atoms with Crippen LogP contribution in [-0.4, -0.2) is 53.6 Å². The standard InChI is InChI=1S/C45H44IN5O4S2/c1-4-25-56-29-32-8-12-33(13-9-32)39-19-14-34(27-40(39)46)38-18-15-35(26-36(38)28-49-51-45-50-41-7-5-21-48-43(41)57-45)42(47)54-24-20-31-10-16-37(17-11-31)53-22-6-23-55-44(52)30(2)3/h5,7-19,21,26-28,47H,2,4,6,20,22-25,29H2,1,3H3,(H,50,51)/b47-42?,49-28+. The third-order valence-corrected chi connectivity index (χ3v) is 11.7. The average Bonchev–Trinajstić information content (AvgIpc) is 3.64. The summed E-state index contributed by atoms with van der Waals surface area (Å²) in [5, 5.41) is 14.0. The fraction of sp³-hybridized carbons (Fsp3) is 0.222. The number of carbonyl (C=O) groups is 1. The summed E-state index contributed by atoms with van der Waals surface area (Å²) < 4.78 is 18.0. The highest BCUT2D eigenvalue weighted by atomic mass is 127. The first kappa shape index (κ1) is 41.6. The second-order valence-electron chi connectivity index (χ2n) is 13.2. The van der Waals surface area contributed by atoms with E-state index in [2.05, 4.69) is 99.1 Å². The van der Waals surface area contributed by atoms with Gasteiger partial charge < -0.3 is 14.2 Å². The Hall–Kier alpha value is -5.05. The van der Waals surface area contributed by atoms with E-state index < -0.39 is 5.97 Å². The molecular formula is C45H44IN5O4S2. The van der Waals surface area contributed by atoms with E-state index in [1.165, 1.54) is 40.2 Å². The normalized spacial score (nSPS) is 11.1. The second kappa shape index (κ2) is 20.9. The van der Waals surface area contributed by atoms with Gasteiger partial charge in [0.1, 0.15) is 16.1 Å². The molecule has 6 aromatic rings. The van der Waals surface area contributed by atoms with E-state index in [1.54, 1.807) is 19.3 Å². The lowest BCUT2D eigenvalue weighted by molar-refractivity contribution is -0.139. The number of hydrogen-bond acceptors (Lipinski definition) is 11. The Morgan fingerprint density at radius 3 is 2.47 bits per heavy atom. The van der Waals surface area contributed by atoms with E-state index in [4.69, 9.17) is 19.6 Å². The zero-order valence-corrected chi connectivity index (χ0v) is 35.7. The van der Waals surface area contributed by atoms with Crippen LogP contribution < -0.4 is 10.2 Å². The zero-order chi connectivity index (χ0) is 40.0. The molecule has 0 aliphatic rings. The molecule has 0 fully saturated rings. The third kappa shape index (κ3) is 12.0. The molecule has 4 aromatic carbocycles. The largest absolute Gasteiger partial charge is 0.493 e. The van der Waals surface area contributed by atoms with Gasteiger partial charge in [-0.2, -0.15) is 16.9 Å². The molecule has 0 aliphatic heterocycles. The Morgan fingerprint density at radius 1 is 0.947 bits per heavy atom. The van der Waals surface area contributed by atoms with Crippen LogP contribution in [0.15, 0.2) is 121 Å². The van der Waals surface area contributed by atoms with Gasteiger partial charge in [0.15, 0.2) is 0 Å². The maximum Gasteiger partial charge on any atom is 0.333 e. The summed E-state index contributed by atoms with van der Waals surface area (Å²) in [5.74, 6) is 2.63. The van der Waals surface area contributed by atoms with Gasteiger partial charge in [-0.15, -0.1) is 0 Å². The van der Waals surface area contributed by atoms with Crippen molar-refractivity contribution in [3.8, 4) is 28.0 Å². The summed E-state index contributed by atoms with van der Waals surface area (Å²) in [6, 6.07) is 32.8. The van der Waals surface area contributed by atoms with E-state index >= 15 is 0 Å². The molecule has 0 spiro atoms. The highest BCUT2D eigenvalue weighted by Gasteiger charge is 2.13. The fourth-order valence-electron chi connectivity index (χ4n) is 5.72. The molecule has 2 aromatic heterocycles. The molecule has 57 heavy (non-hydrogen) atoms. The molecule has 9 nitrogen and oxygen atoms in total. The number of pyridine rings is 1. The summed E-state index contributed by atoms with van der Waals surface area (Å²) in [6.07, 6.45) is 5.91. The number of anilines is 1. The SMILES string of the molecule is C=C(C)C(=O)OCCCOc1ccc(CCOC(=N)c2ccc(-c3ccc(-c4ccc(CSCCC)cc4)c(I)c3)c(/C=N/Nc3nc4cccnc4s3)c2)cc1. The van der Waals surface area contributed by atoms with Crippen LogP contribution in [0.25, 0.3) is 32.6 Å². The topological polar surface area (TPSA) is 119 Å². The Labute approximate surface area is 355 Å². The molecule has 292 valence electrons. The molecule has 6 rings (SSSR count). The number of nitrogens with zero attached hydrogens (tertiary/aromatic N) is 3. The number of rotatable bonds is 19. The average molecular weight is 910 g/mol. The van der Waals surface area contributed by atoms with Gasteiger partial charge >= 0.3 is 5.97 Å². The first-order valence-electron chi connectivity index (χ1n) is 18.6. The van der Waals surface area contributed by atoms with Crippen LogP contribution in [0.5, 0.6) is 5.75 Å². The third-order valence-electron chi connectivity index (χ3n) is 8.71. The predicted octanol–water partition coefficient (Wildman–Crippen LogP) is 11.2. The number of hydrazone groups is 1. The number of ether oxygens (including phenoxy) is 3. The molecule has 0 saturated heterocycles. The van der Waals surface area contributed by atoms with Gasteiger partial charge in [0.05, 0.1) is 26.0 Å². The minimum atomic E-state index is -0.390. The number of benzene rings is 4. The first-order chi connectivity index (χ1) is 27.8. The lowest BCUT2D eigenvalue weighted by atomic mass is 9.95. The maximum absolute atomic E-state index is 11.5. The number of nitrogens with one attached hydrogen (secondary N) is 2. The van der Waals surface area contributed by atoms with Gasteiger partial charge in [0.2, 0.25) is 11.0 Å². The van der Waals surface area contributed by atoms with Crippen molar-refractivity contribution < 1.29 is 19.0 Å². The van der Waals surface area contributed by atoms with Crippen molar-refractivity contribution in [2.24, 2.45) is 5.10 Å². The molecule has 12 heteroatoms. The van der Waals surface area contributed by atoms with Crippen molar-refractivity contribution in [1.29, 1.82) is 5.41 Å². The number of thioether (sulfide) groups is 1. The van der Waals surface area contributed by atoms with E-state index in [9.17, 15) is 4.79 Å². The zero-order valence-electron chi connectivity index (χ0n) is 31.9. The lowest BCUT2D eigenvalue weighted by Crippen LogP contribution is -2.09. The van der Waals surface area contributed by atoms with E-state index in [0.717, 1.165) is 47.7 Å². The number of aromatic nitrogens is 2. The fourth-order valence-corrected chi connectivity index (χ4v) is 8.17. The maximum atomic E-state index is 11.5. The van der Waals surface area contributed by atoms with Gasteiger partial charge in [-0.1, -0.05) is 79.4 Å². The van der Waals surface area contributed by atoms with Crippen LogP contribution >= 0.6 is 45.7 Å². The summed E-state index contributed by atoms with van der Waals surface area (Å²) in [5.41, 5.74) is 12.5. The predicted molar refractivity (Wildman–Crippen MR) is 244 cm³/mol. The second-order valence-corrected chi connectivity index (χ2v) is 16.4. The number of carbonyl (C=O) groups excluding carboxylic acids is 1. The Balaban J connectivity index is 1.12. The van der Waals surface area contributed by atoms with Crippen LogP contribution in [-0.2, 0) is 26.4 Å². The molecule has 0 aliphatic carbocycles. The monoisotopic (exact) mass is 909 g/mol. The van der Waals surface area contributed by atoms with Crippen LogP contribution in [0.3, 0.4) is 0 Å². The molecule has 0 amide bonds. The van der Waals surface area contributed by atoms with Gasteiger partial charge in [0, 0.05) is 45.1 Å². The number of thiazole rings is 1. The molecule has 0 unspecified atom stereocenters. The summed E-state index contributed by atoms with van der Waals surface area (Å²) in [7, 11) is 0. The van der Waals surface area contributed by atoms with Crippen molar-refractivity contribution in [1.82, 2.24) is 9.97 Å². The molecule has 0 bridgehead atoms. The number of fused-ring (bicyclic) bond motifs is 1. The number of hydrogen-bond donors (Lipinski definition) is 2. The number of esters is 1. The van der Waals surface area contributed by atoms with Crippen LogP contribution in [0.4, 0.5) is 5.13 Å². The van der Waals surface area contributed by atoms with Crippen LogP contribution in [0, 0.1) is 8.98 Å². The van der Waals surface area contributed by atoms with Crippen molar-refractivity contribution >= 4 is 79.2 Å². The number of halogens is 1. The molecule has 0 radical (unpaired) electrons. The van der Waals surface area contributed by atoms with Gasteiger partial charge in [-0.3, -0.25) is 10.8 Å². The van der Waals surface area contributed by atoms with Crippen molar-refractivity contribution in [3.05, 3.63) is 141 Å². The van der Waals surface area contributed by atoms with Crippen molar-refractivity contribution in [3.63, 3.8) is 0 Å². The van der Waals surface area contributed by atoms with Gasteiger partial charge in [-0.05, 0) is 118 Å². The Bertz CT molecular complexity index is 2310. The van der Waals surface area contributed by atoms with Gasteiger partial charge in [-0.25, -0.2) is 14.8 Å². The highest BCUT2D eigenvalue weighted by Crippen LogP contribution is 2.33.